The van der Waals surface area contributed by atoms with Gasteiger partial charge in [-0.2, -0.15) is 0 Å². The van der Waals surface area contributed by atoms with Gasteiger partial charge in [-0.05, 0) is 24.6 Å². The van der Waals surface area contributed by atoms with Crippen LogP contribution in [0.15, 0.2) is 23.1 Å². The molecule has 0 saturated heterocycles. The molecular formula is C11H17N3O3S. The number of amides is 1. The molecule has 0 saturated carbocycles. The molecule has 100 valence electrons. The van der Waals surface area contributed by atoms with Crippen molar-refractivity contribution in [1.82, 2.24) is 10.0 Å². The second-order valence-corrected chi connectivity index (χ2v) is 5.58. The van der Waals surface area contributed by atoms with Crippen LogP contribution in [0.25, 0.3) is 0 Å². The molecule has 7 heteroatoms. The minimum absolute atomic E-state index is 0.0518. The van der Waals surface area contributed by atoms with Crippen molar-refractivity contribution in [1.29, 1.82) is 0 Å². The lowest BCUT2D eigenvalue weighted by Gasteiger charge is -2.09. The average Bonchev–Trinajstić information content (AvgIpc) is 2.31. The maximum Gasteiger partial charge on any atom is 0.240 e. The third-order valence-corrected chi connectivity index (χ3v) is 4.03. The topological polar surface area (TPSA) is 101 Å². The molecule has 0 aromatic heterocycles. The van der Waals surface area contributed by atoms with E-state index in [4.69, 9.17) is 5.73 Å². The van der Waals surface area contributed by atoms with Crippen LogP contribution in [-0.4, -0.2) is 27.9 Å². The van der Waals surface area contributed by atoms with E-state index in [0.717, 1.165) is 0 Å². The summed E-state index contributed by atoms with van der Waals surface area (Å²) in [5.74, 6) is -0.220. The number of carbonyl (C=O) groups excluding carboxylic acids is 1. The van der Waals surface area contributed by atoms with Gasteiger partial charge in [-0.1, -0.05) is 6.07 Å². The second-order valence-electron chi connectivity index (χ2n) is 3.85. The van der Waals surface area contributed by atoms with Crippen molar-refractivity contribution in [2.24, 2.45) is 0 Å². The molecule has 1 amide bonds. The third-order valence-electron chi connectivity index (χ3n) is 2.42. The SMILES string of the molecule is CNC(=O)CCNS(=O)(=O)c1cc(N)ccc1C. The lowest BCUT2D eigenvalue weighted by Crippen LogP contribution is -2.29. The third kappa shape index (κ3) is 3.71. The van der Waals surface area contributed by atoms with Crippen molar-refractivity contribution in [2.45, 2.75) is 18.2 Å². The Labute approximate surface area is 107 Å². The van der Waals surface area contributed by atoms with E-state index in [1.807, 2.05) is 0 Å². The molecule has 0 aliphatic carbocycles. The molecule has 6 nitrogen and oxygen atoms in total. The molecule has 18 heavy (non-hydrogen) atoms. The molecule has 0 radical (unpaired) electrons. The van der Waals surface area contributed by atoms with E-state index in [0.29, 0.717) is 11.3 Å². The molecule has 0 aliphatic heterocycles. The van der Waals surface area contributed by atoms with Crippen LogP contribution < -0.4 is 15.8 Å². The summed E-state index contributed by atoms with van der Waals surface area (Å²) in [7, 11) is -2.13. The van der Waals surface area contributed by atoms with Crippen molar-refractivity contribution in [3.05, 3.63) is 23.8 Å². The van der Waals surface area contributed by atoms with E-state index in [2.05, 4.69) is 10.0 Å². The summed E-state index contributed by atoms with van der Waals surface area (Å²) in [5, 5.41) is 2.42. The highest BCUT2D eigenvalue weighted by Crippen LogP contribution is 2.17. The largest absolute Gasteiger partial charge is 0.399 e. The van der Waals surface area contributed by atoms with Crippen molar-refractivity contribution >= 4 is 21.6 Å². The van der Waals surface area contributed by atoms with E-state index in [-0.39, 0.29) is 23.8 Å². The predicted molar refractivity (Wildman–Crippen MR) is 69.5 cm³/mol. The Balaban J connectivity index is 2.80. The molecule has 0 spiro atoms. The van der Waals surface area contributed by atoms with Crippen LogP contribution in [0.2, 0.25) is 0 Å². The smallest absolute Gasteiger partial charge is 0.240 e. The summed E-state index contributed by atoms with van der Waals surface area (Å²) in [4.78, 5) is 11.1. The first-order valence-corrected chi connectivity index (χ1v) is 6.91. The zero-order chi connectivity index (χ0) is 13.8. The zero-order valence-corrected chi connectivity index (χ0v) is 11.2. The minimum Gasteiger partial charge on any atom is -0.399 e. The first-order valence-electron chi connectivity index (χ1n) is 5.43. The molecular weight excluding hydrogens is 254 g/mol. The molecule has 0 fully saturated rings. The summed E-state index contributed by atoms with van der Waals surface area (Å²) < 4.78 is 26.3. The number of anilines is 1. The molecule has 0 unspecified atom stereocenters. The number of hydrogen-bond donors (Lipinski definition) is 3. The Hall–Kier alpha value is -1.60. The summed E-state index contributed by atoms with van der Waals surface area (Å²) in [6, 6.07) is 4.68. The van der Waals surface area contributed by atoms with Crippen LogP contribution in [0.3, 0.4) is 0 Å². The quantitative estimate of drug-likeness (QED) is 0.656. The van der Waals surface area contributed by atoms with Crippen LogP contribution in [-0.2, 0) is 14.8 Å². The van der Waals surface area contributed by atoms with Gasteiger partial charge in [-0.15, -0.1) is 0 Å². The van der Waals surface area contributed by atoms with Gasteiger partial charge in [0.25, 0.3) is 0 Å². The molecule has 1 rings (SSSR count). The Morgan fingerprint density at radius 2 is 2.06 bits per heavy atom. The molecule has 0 bridgehead atoms. The minimum atomic E-state index is -3.63. The van der Waals surface area contributed by atoms with Crippen LogP contribution >= 0.6 is 0 Å². The Bertz CT molecular complexity index is 540. The molecule has 4 N–H and O–H groups in total. The normalized spacial score (nSPS) is 11.2. The van der Waals surface area contributed by atoms with Crippen molar-refractivity contribution < 1.29 is 13.2 Å². The number of aryl methyl sites for hydroxylation is 1. The van der Waals surface area contributed by atoms with E-state index in [1.54, 1.807) is 19.1 Å². The fourth-order valence-corrected chi connectivity index (χ4v) is 2.72. The molecule has 0 heterocycles. The highest BCUT2D eigenvalue weighted by atomic mass is 32.2. The summed E-state index contributed by atoms with van der Waals surface area (Å²) >= 11 is 0. The maximum absolute atomic E-state index is 12.0. The lowest BCUT2D eigenvalue weighted by atomic mass is 10.2. The Morgan fingerprint density at radius 1 is 1.39 bits per heavy atom. The van der Waals surface area contributed by atoms with Gasteiger partial charge in [-0.25, -0.2) is 13.1 Å². The Kier molecular flexibility index (Phi) is 4.69. The highest BCUT2D eigenvalue weighted by molar-refractivity contribution is 7.89. The molecule has 1 aromatic rings. The van der Waals surface area contributed by atoms with Crippen LogP contribution in [0.5, 0.6) is 0 Å². The molecule has 1 aromatic carbocycles. The van der Waals surface area contributed by atoms with E-state index >= 15 is 0 Å². The maximum atomic E-state index is 12.0. The summed E-state index contributed by atoms with van der Waals surface area (Å²) in [5.41, 5.74) is 6.56. The van der Waals surface area contributed by atoms with Crippen LogP contribution in [0.4, 0.5) is 5.69 Å². The molecule has 0 aliphatic rings. The van der Waals surface area contributed by atoms with Crippen LogP contribution in [0, 0.1) is 6.92 Å². The number of rotatable bonds is 5. The van der Waals surface area contributed by atoms with Crippen molar-refractivity contribution in [3.63, 3.8) is 0 Å². The average molecular weight is 271 g/mol. The predicted octanol–water partition coefficient (Wildman–Crippen LogP) is -0.00838. The van der Waals surface area contributed by atoms with E-state index in [9.17, 15) is 13.2 Å². The summed E-state index contributed by atoms with van der Waals surface area (Å²) in [6.45, 7) is 1.74. The Morgan fingerprint density at radius 3 is 2.67 bits per heavy atom. The van der Waals surface area contributed by atoms with Gasteiger partial charge < -0.3 is 11.1 Å². The van der Waals surface area contributed by atoms with Crippen LogP contribution in [0.1, 0.15) is 12.0 Å². The lowest BCUT2D eigenvalue weighted by molar-refractivity contribution is -0.120. The molecule has 0 atom stereocenters. The number of nitrogens with one attached hydrogen (secondary N) is 2. The first-order chi connectivity index (χ1) is 8.36. The monoisotopic (exact) mass is 271 g/mol. The summed E-state index contributed by atoms with van der Waals surface area (Å²) in [6.07, 6.45) is 0.0943. The number of sulfonamides is 1. The van der Waals surface area contributed by atoms with Gasteiger partial charge in [-0.3, -0.25) is 4.79 Å². The van der Waals surface area contributed by atoms with E-state index < -0.39 is 10.0 Å². The van der Waals surface area contributed by atoms with Gasteiger partial charge in [0.05, 0.1) is 4.90 Å². The van der Waals surface area contributed by atoms with Gasteiger partial charge in [0.2, 0.25) is 15.9 Å². The first kappa shape index (κ1) is 14.5. The fourth-order valence-electron chi connectivity index (χ4n) is 1.41. The van der Waals surface area contributed by atoms with Crippen molar-refractivity contribution in [2.75, 3.05) is 19.3 Å². The fraction of sp³-hybridized carbons (Fsp3) is 0.364. The number of carbonyl (C=O) groups is 1. The number of nitrogen functional groups attached to an aromatic ring is 1. The van der Waals surface area contributed by atoms with Gasteiger partial charge in [0.15, 0.2) is 0 Å². The van der Waals surface area contributed by atoms with Crippen molar-refractivity contribution in [3.8, 4) is 0 Å². The zero-order valence-electron chi connectivity index (χ0n) is 10.4. The highest BCUT2D eigenvalue weighted by Gasteiger charge is 2.16. The number of nitrogens with two attached hydrogens (primary N) is 1. The standard InChI is InChI=1S/C11H17N3O3S/c1-8-3-4-9(12)7-10(8)18(16,17)14-6-5-11(15)13-2/h3-4,7,14H,5-6,12H2,1-2H3,(H,13,15). The number of hydrogen-bond acceptors (Lipinski definition) is 4. The van der Waals surface area contributed by atoms with Gasteiger partial charge >= 0.3 is 0 Å². The number of benzene rings is 1. The van der Waals surface area contributed by atoms with Gasteiger partial charge in [0.1, 0.15) is 0 Å². The van der Waals surface area contributed by atoms with E-state index in [1.165, 1.54) is 13.1 Å². The van der Waals surface area contributed by atoms with Gasteiger partial charge in [0, 0.05) is 25.7 Å². The second kappa shape index (κ2) is 5.83.